The first-order valence-corrected chi connectivity index (χ1v) is 5.04. The van der Waals surface area contributed by atoms with E-state index in [1.54, 1.807) is 0 Å². The predicted octanol–water partition coefficient (Wildman–Crippen LogP) is 0.812. The highest BCUT2D eigenvalue weighted by Crippen LogP contribution is 2.27. The Morgan fingerprint density at radius 1 is 1.43 bits per heavy atom. The Labute approximate surface area is 82.6 Å². The van der Waals surface area contributed by atoms with Gasteiger partial charge in [0.25, 0.3) is 0 Å². The van der Waals surface area contributed by atoms with Crippen molar-refractivity contribution in [2.24, 2.45) is 5.73 Å². The summed E-state index contributed by atoms with van der Waals surface area (Å²) in [4.78, 5) is 0. The van der Waals surface area contributed by atoms with E-state index in [4.69, 9.17) is 14.9 Å². The molecular weight excluding hydrogens is 182 g/mol. The summed E-state index contributed by atoms with van der Waals surface area (Å²) in [6.07, 6.45) is 3.72. The van der Waals surface area contributed by atoms with Crippen LogP contribution in [0.15, 0.2) is 4.42 Å². The second-order valence-corrected chi connectivity index (χ2v) is 3.43. The molecule has 14 heavy (non-hydrogen) atoms. The topological polar surface area (TPSA) is 74.2 Å². The maximum Gasteiger partial charge on any atom is 0.245 e. The largest absolute Gasteiger partial charge is 0.422 e. The number of ether oxygens (including phenoxy) is 1. The zero-order valence-corrected chi connectivity index (χ0v) is 8.11. The Bertz CT molecular complexity index is 281. The Morgan fingerprint density at radius 2 is 2.36 bits per heavy atom. The molecule has 2 N–H and O–H groups in total. The fraction of sp³-hybridized carbons (Fsp3) is 0.778. The first kappa shape index (κ1) is 9.61. The summed E-state index contributed by atoms with van der Waals surface area (Å²) in [5, 5.41) is 7.91. The number of nitrogens with two attached hydrogens (primary N) is 1. The SMILES string of the molecule is NCCCc1nnc(C2CCCO2)o1. The number of aryl methyl sites for hydroxylation is 1. The monoisotopic (exact) mass is 197 g/mol. The van der Waals surface area contributed by atoms with Crippen molar-refractivity contribution < 1.29 is 9.15 Å². The summed E-state index contributed by atoms with van der Waals surface area (Å²) in [5.74, 6) is 1.29. The summed E-state index contributed by atoms with van der Waals surface area (Å²) in [7, 11) is 0. The maximum absolute atomic E-state index is 5.47. The van der Waals surface area contributed by atoms with Gasteiger partial charge in [-0.15, -0.1) is 10.2 Å². The molecule has 0 bridgehead atoms. The fourth-order valence-electron chi connectivity index (χ4n) is 1.52. The van der Waals surface area contributed by atoms with Crippen molar-refractivity contribution in [2.45, 2.75) is 31.8 Å². The third-order valence-corrected chi connectivity index (χ3v) is 2.28. The van der Waals surface area contributed by atoms with Crippen LogP contribution in [0.1, 0.15) is 37.1 Å². The van der Waals surface area contributed by atoms with E-state index in [-0.39, 0.29) is 6.10 Å². The number of aromatic nitrogens is 2. The van der Waals surface area contributed by atoms with Crippen LogP contribution in [0.3, 0.4) is 0 Å². The second-order valence-electron chi connectivity index (χ2n) is 3.43. The van der Waals surface area contributed by atoms with Crippen molar-refractivity contribution in [3.05, 3.63) is 11.8 Å². The van der Waals surface area contributed by atoms with Gasteiger partial charge in [-0.05, 0) is 25.8 Å². The van der Waals surface area contributed by atoms with Crippen molar-refractivity contribution in [1.82, 2.24) is 10.2 Å². The molecule has 5 nitrogen and oxygen atoms in total. The summed E-state index contributed by atoms with van der Waals surface area (Å²) < 4.78 is 10.9. The molecule has 1 aromatic rings. The van der Waals surface area contributed by atoms with Gasteiger partial charge >= 0.3 is 0 Å². The lowest BCUT2D eigenvalue weighted by molar-refractivity contribution is 0.0881. The van der Waals surface area contributed by atoms with Gasteiger partial charge < -0.3 is 14.9 Å². The van der Waals surface area contributed by atoms with E-state index in [2.05, 4.69) is 10.2 Å². The number of hydrogen-bond donors (Lipinski definition) is 1. The highest BCUT2D eigenvalue weighted by Gasteiger charge is 2.23. The lowest BCUT2D eigenvalue weighted by Gasteiger charge is -2.01. The Morgan fingerprint density at radius 3 is 3.07 bits per heavy atom. The number of hydrogen-bond acceptors (Lipinski definition) is 5. The van der Waals surface area contributed by atoms with Crippen molar-refractivity contribution in [3.63, 3.8) is 0 Å². The van der Waals surface area contributed by atoms with Gasteiger partial charge in [0.15, 0.2) is 0 Å². The summed E-state index contributed by atoms with van der Waals surface area (Å²) >= 11 is 0. The van der Waals surface area contributed by atoms with Gasteiger partial charge in [-0.2, -0.15) is 0 Å². The minimum atomic E-state index is 0.0223. The molecule has 1 unspecified atom stereocenters. The van der Waals surface area contributed by atoms with Crippen LogP contribution in [0.2, 0.25) is 0 Å². The lowest BCUT2D eigenvalue weighted by Crippen LogP contribution is -2.00. The molecule has 2 heterocycles. The average molecular weight is 197 g/mol. The van der Waals surface area contributed by atoms with Gasteiger partial charge in [-0.1, -0.05) is 0 Å². The lowest BCUT2D eigenvalue weighted by atomic mass is 10.2. The molecule has 1 atom stereocenters. The van der Waals surface area contributed by atoms with Crippen LogP contribution < -0.4 is 5.73 Å². The molecule has 1 fully saturated rings. The van der Waals surface area contributed by atoms with E-state index < -0.39 is 0 Å². The zero-order chi connectivity index (χ0) is 9.80. The van der Waals surface area contributed by atoms with Crippen molar-refractivity contribution in [3.8, 4) is 0 Å². The van der Waals surface area contributed by atoms with Gasteiger partial charge in [-0.25, -0.2) is 0 Å². The molecule has 1 aliphatic rings. The third-order valence-electron chi connectivity index (χ3n) is 2.28. The third kappa shape index (κ3) is 2.10. The predicted molar refractivity (Wildman–Crippen MR) is 49.6 cm³/mol. The first-order valence-electron chi connectivity index (χ1n) is 5.04. The minimum absolute atomic E-state index is 0.0223. The van der Waals surface area contributed by atoms with Crippen LogP contribution in [0.4, 0.5) is 0 Å². The van der Waals surface area contributed by atoms with Crippen LogP contribution in [0.25, 0.3) is 0 Å². The highest BCUT2D eigenvalue weighted by atomic mass is 16.5. The molecule has 78 valence electrons. The highest BCUT2D eigenvalue weighted by molar-refractivity contribution is 4.89. The van der Waals surface area contributed by atoms with Gasteiger partial charge in [0.1, 0.15) is 6.10 Å². The first-order chi connectivity index (χ1) is 6.90. The molecule has 0 radical (unpaired) electrons. The standard InChI is InChI=1S/C9H15N3O2/c10-5-1-4-8-11-12-9(14-8)7-3-2-6-13-7/h7H,1-6,10H2. The Balaban J connectivity index is 1.94. The van der Waals surface area contributed by atoms with E-state index in [1.807, 2.05) is 0 Å². The maximum atomic E-state index is 5.47. The van der Waals surface area contributed by atoms with Crippen LogP contribution in [0, 0.1) is 0 Å². The average Bonchev–Trinajstić information content (AvgIpc) is 2.85. The Hall–Kier alpha value is -0.940. The summed E-state index contributed by atoms with van der Waals surface area (Å²) in [5.41, 5.74) is 5.39. The van der Waals surface area contributed by atoms with Gasteiger partial charge in [0.05, 0.1) is 0 Å². The zero-order valence-electron chi connectivity index (χ0n) is 8.11. The van der Waals surface area contributed by atoms with Crippen molar-refractivity contribution in [2.75, 3.05) is 13.2 Å². The smallest absolute Gasteiger partial charge is 0.245 e. The molecule has 0 aromatic carbocycles. The minimum Gasteiger partial charge on any atom is -0.422 e. The normalized spacial score (nSPS) is 21.6. The van der Waals surface area contributed by atoms with E-state index in [0.717, 1.165) is 32.3 Å². The molecule has 0 amide bonds. The molecule has 0 saturated carbocycles. The van der Waals surface area contributed by atoms with Crippen molar-refractivity contribution in [1.29, 1.82) is 0 Å². The Kier molecular flexibility index (Phi) is 3.10. The fourth-order valence-corrected chi connectivity index (χ4v) is 1.52. The molecule has 1 aliphatic heterocycles. The van der Waals surface area contributed by atoms with E-state index in [9.17, 15) is 0 Å². The van der Waals surface area contributed by atoms with Crippen LogP contribution in [-0.2, 0) is 11.2 Å². The number of nitrogens with zero attached hydrogens (tertiary/aromatic N) is 2. The van der Waals surface area contributed by atoms with Crippen LogP contribution in [-0.4, -0.2) is 23.3 Å². The number of rotatable bonds is 4. The van der Waals surface area contributed by atoms with E-state index >= 15 is 0 Å². The van der Waals surface area contributed by atoms with Gasteiger partial charge in [0.2, 0.25) is 11.8 Å². The molecule has 1 saturated heterocycles. The van der Waals surface area contributed by atoms with Crippen molar-refractivity contribution >= 4 is 0 Å². The summed E-state index contributed by atoms with van der Waals surface area (Å²) in [6, 6.07) is 0. The quantitative estimate of drug-likeness (QED) is 0.773. The molecule has 1 aromatic heterocycles. The van der Waals surface area contributed by atoms with Crippen LogP contribution >= 0.6 is 0 Å². The molecule has 5 heteroatoms. The second kappa shape index (κ2) is 4.52. The van der Waals surface area contributed by atoms with Crippen LogP contribution in [0.5, 0.6) is 0 Å². The van der Waals surface area contributed by atoms with E-state index in [1.165, 1.54) is 0 Å². The molecule has 0 spiro atoms. The molecular formula is C9H15N3O2. The molecule has 2 rings (SSSR count). The van der Waals surface area contributed by atoms with E-state index in [0.29, 0.717) is 18.3 Å². The van der Waals surface area contributed by atoms with Gasteiger partial charge in [0, 0.05) is 13.0 Å². The summed E-state index contributed by atoms with van der Waals surface area (Å²) in [6.45, 7) is 1.45. The molecule has 0 aliphatic carbocycles. The van der Waals surface area contributed by atoms with Gasteiger partial charge in [-0.3, -0.25) is 0 Å².